The van der Waals surface area contributed by atoms with Crippen molar-refractivity contribution in [3.05, 3.63) is 77.0 Å². The maximum absolute atomic E-state index is 11.0. The highest BCUT2D eigenvalue weighted by atomic mass is 32.1. The molecule has 1 N–H and O–H groups in total. The SMILES string of the molecule is COc1ccc(-c2sc3cnccc3c2Nc2ccc3c(c2)CCC3N=O)cc1. The Bertz CT molecular complexity index is 1200. The van der Waals surface area contributed by atoms with Crippen LogP contribution < -0.4 is 10.1 Å². The van der Waals surface area contributed by atoms with Crippen molar-refractivity contribution in [2.45, 2.75) is 18.9 Å². The molecule has 0 radical (unpaired) electrons. The van der Waals surface area contributed by atoms with E-state index in [1.165, 1.54) is 5.56 Å². The van der Waals surface area contributed by atoms with Crippen LogP contribution in [0.1, 0.15) is 23.6 Å². The molecule has 144 valence electrons. The third-order valence-corrected chi connectivity index (χ3v) is 6.62. The van der Waals surface area contributed by atoms with E-state index in [1.807, 2.05) is 42.7 Å². The lowest BCUT2D eigenvalue weighted by atomic mass is 10.1. The third-order valence-electron chi connectivity index (χ3n) is 5.43. The quantitative estimate of drug-likeness (QED) is 0.389. The molecule has 2 aromatic heterocycles. The molecule has 4 aromatic rings. The zero-order valence-electron chi connectivity index (χ0n) is 15.9. The smallest absolute Gasteiger partial charge is 0.118 e. The molecule has 2 aromatic carbocycles. The fraction of sp³-hybridized carbons (Fsp3) is 0.174. The molecule has 0 amide bonds. The van der Waals surface area contributed by atoms with Crippen molar-refractivity contribution in [1.29, 1.82) is 0 Å². The summed E-state index contributed by atoms with van der Waals surface area (Å²) in [6, 6.07) is 16.1. The third kappa shape index (κ3) is 3.15. The second-order valence-corrected chi connectivity index (χ2v) is 8.16. The topological polar surface area (TPSA) is 63.6 Å². The number of thiophene rings is 1. The van der Waals surface area contributed by atoms with Gasteiger partial charge in [-0.2, -0.15) is 4.91 Å². The largest absolute Gasteiger partial charge is 0.497 e. The van der Waals surface area contributed by atoms with Crippen molar-refractivity contribution in [3.8, 4) is 16.2 Å². The first-order valence-electron chi connectivity index (χ1n) is 9.50. The minimum atomic E-state index is -0.207. The van der Waals surface area contributed by atoms with E-state index in [0.29, 0.717) is 0 Å². The number of ether oxygens (including phenoxy) is 1. The molecule has 0 saturated carbocycles. The number of aryl methyl sites for hydroxylation is 1. The van der Waals surface area contributed by atoms with Gasteiger partial charge >= 0.3 is 0 Å². The van der Waals surface area contributed by atoms with E-state index in [2.05, 4.69) is 33.7 Å². The lowest BCUT2D eigenvalue weighted by Gasteiger charge is -2.11. The fourth-order valence-electron chi connectivity index (χ4n) is 3.95. The number of aromatic nitrogens is 1. The molecule has 2 heterocycles. The summed E-state index contributed by atoms with van der Waals surface area (Å²) < 4.78 is 6.43. The summed E-state index contributed by atoms with van der Waals surface area (Å²) in [5.41, 5.74) is 5.47. The number of hydrogen-bond acceptors (Lipinski definition) is 6. The lowest BCUT2D eigenvalue weighted by molar-refractivity contribution is 0.415. The predicted molar refractivity (Wildman–Crippen MR) is 118 cm³/mol. The molecule has 5 rings (SSSR count). The van der Waals surface area contributed by atoms with Gasteiger partial charge in [-0.15, -0.1) is 11.3 Å². The van der Waals surface area contributed by atoms with Gasteiger partial charge in [0, 0.05) is 23.5 Å². The van der Waals surface area contributed by atoms with Crippen LogP contribution in [0.25, 0.3) is 20.5 Å². The highest BCUT2D eigenvalue weighted by Crippen LogP contribution is 2.44. The van der Waals surface area contributed by atoms with Gasteiger partial charge in [0.05, 0.1) is 22.4 Å². The highest BCUT2D eigenvalue weighted by molar-refractivity contribution is 7.23. The molecular weight excluding hydrogens is 382 g/mol. The van der Waals surface area contributed by atoms with Crippen molar-refractivity contribution in [1.82, 2.24) is 4.98 Å². The van der Waals surface area contributed by atoms with Gasteiger partial charge in [0.15, 0.2) is 0 Å². The van der Waals surface area contributed by atoms with Gasteiger partial charge in [0.2, 0.25) is 0 Å². The molecule has 0 bridgehead atoms. The van der Waals surface area contributed by atoms with Crippen LogP contribution in [0.4, 0.5) is 11.4 Å². The number of nitrogens with zero attached hydrogens (tertiary/aromatic N) is 2. The molecule has 1 aliphatic carbocycles. The van der Waals surface area contributed by atoms with Gasteiger partial charge in [-0.25, -0.2) is 0 Å². The summed E-state index contributed by atoms with van der Waals surface area (Å²) >= 11 is 1.72. The Balaban J connectivity index is 1.58. The first-order chi connectivity index (χ1) is 14.3. The van der Waals surface area contributed by atoms with Crippen LogP contribution in [0.2, 0.25) is 0 Å². The number of pyridine rings is 1. The van der Waals surface area contributed by atoms with Crippen molar-refractivity contribution >= 4 is 32.8 Å². The molecule has 0 spiro atoms. The standard InChI is InChI=1S/C23H19N3O2S/c1-28-17-6-2-14(3-7-17)23-22(19-10-11-24-13-21(19)29-23)25-16-5-8-18-15(12-16)4-9-20(18)26-27/h2-3,5-8,10-13,20,25H,4,9H2,1H3. The molecule has 0 aliphatic heterocycles. The van der Waals surface area contributed by atoms with Crippen LogP contribution in [-0.4, -0.2) is 12.1 Å². The summed E-state index contributed by atoms with van der Waals surface area (Å²) in [5.74, 6) is 0.836. The van der Waals surface area contributed by atoms with E-state index in [-0.39, 0.29) is 6.04 Å². The molecule has 6 heteroatoms. The van der Waals surface area contributed by atoms with Gasteiger partial charge in [-0.05, 0) is 72.0 Å². The summed E-state index contributed by atoms with van der Waals surface area (Å²) in [4.78, 5) is 16.5. The number of rotatable bonds is 5. The van der Waals surface area contributed by atoms with E-state index in [1.54, 1.807) is 18.4 Å². The molecule has 0 saturated heterocycles. The van der Waals surface area contributed by atoms with Gasteiger partial charge in [-0.3, -0.25) is 4.98 Å². The fourth-order valence-corrected chi connectivity index (χ4v) is 5.08. The average Bonchev–Trinajstić information content (AvgIpc) is 3.35. The van der Waals surface area contributed by atoms with Crippen LogP contribution in [0, 0.1) is 4.91 Å². The zero-order valence-corrected chi connectivity index (χ0v) is 16.7. The van der Waals surface area contributed by atoms with Gasteiger partial charge < -0.3 is 10.1 Å². The Morgan fingerprint density at radius 2 is 2.03 bits per heavy atom. The van der Waals surface area contributed by atoms with Gasteiger partial charge in [-0.1, -0.05) is 11.2 Å². The number of nitroso groups, excluding NO2 is 1. The van der Waals surface area contributed by atoms with Crippen LogP contribution >= 0.6 is 11.3 Å². The summed E-state index contributed by atoms with van der Waals surface area (Å²) in [6.45, 7) is 0. The van der Waals surface area contributed by atoms with Crippen LogP contribution in [0.3, 0.4) is 0 Å². The molecular formula is C23H19N3O2S. The molecule has 0 fully saturated rings. The first-order valence-corrected chi connectivity index (χ1v) is 10.3. The second-order valence-electron chi connectivity index (χ2n) is 7.10. The van der Waals surface area contributed by atoms with E-state index in [4.69, 9.17) is 4.74 Å². The van der Waals surface area contributed by atoms with E-state index >= 15 is 0 Å². The van der Waals surface area contributed by atoms with Crippen molar-refractivity contribution < 1.29 is 4.74 Å². The second kappa shape index (κ2) is 7.29. The van der Waals surface area contributed by atoms with E-state index in [0.717, 1.165) is 56.1 Å². The Kier molecular flexibility index (Phi) is 4.48. The number of methoxy groups -OCH3 is 1. The van der Waals surface area contributed by atoms with E-state index in [9.17, 15) is 4.91 Å². The summed E-state index contributed by atoms with van der Waals surface area (Å²) in [6.07, 6.45) is 5.41. The molecule has 1 aliphatic rings. The number of anilines is 2. The number of fused-ring (bicyclic) bond motifs is 2. The van der Waals surface area contributed by atoms with Crippen molar-refractivity contribution in [3.63, 3.8) is 0 Å². The Morgan fingerprint density at radius 1 is 1.17 bits per heavy atom. The van der Waals surface area contributed by atoms with E-state index < -0.39 is 0 Å². The Hall–Kier alpha value is -3.25. The monoisotopic (exact) mass is 401 g/mol. The highest BCUT2D eigenvalue weighted by Gasteiger charge is 2.23. The number of nitrogens with one attached hydrogen (secondary N) is 1. The van der Waals surface area contributed by atoms with Crippen molar-refractivity contribution in [2.75, 3.05) is 12.4 Å². The van der Waals surface area contributed by atoms with Crippen LogP contribution in [0.15, 0.2) is 66.1 Å². The lowest BCUT2D eigenvalue weighted by Crippen LogP contribution is -1.94. The normalized spacial score (nSPS) is 15.3. The number of hydrogen-bond donors (Lipinski definition) is 1. The van der Waals surface area contributed by atoms with Crippen molar-refractivity contribution in [2.24, 2.45) is 5.18 Å². The summed E-state index contributed by atoms with van der Waals surface area (Å²) in [5, 5.41) is 8.03. The van der Waals surface area contributed by atoms with Gasteiger partial charge in [0.25, 0.3) is 0 Å². The Labute approximate surface area is 172 Å². The molecule has 5 nitrogen and oxygen atoms in total. The average molecular weight is 401 g/mol. The minimum Gasteiger partial charge on any atom is -0.497 e. The number of benzene rings is 2. The van der Waals surface area contributed by atoms with Crippen LogP contribution in [0.5, 0.6) is 5.75 Å². The molecule has 1 unspecified atom stereocenters. The minimum absolute atomic E-state index is 0.207. The van der Waals surface area contributed by atoms with Gasteiger partial charge in [0.1, 0.15) is 11.8 Å². The zero-order chi connectivity index (χ0) is 19.8. The van der Waals surface area contributed by atoms with Crippen LogP contribution in [-0.2, 0) is 6.42 Å². The summed E-state index contributed by atoms with van der Waals surface area (Å²) in [7, 11) is 1.67. The molecule has 1 atom stereocenters. The maximum Gasteiger partial charge on any atom is 0.118 e. The maximum atomic E-state index is 11.0. The first kappa shape index (κ1) is 17.8. The Morgan fingerprint density at radius 3 is 2.83 bits per heavy atom. The molecule has 29 heavy (non-hydrogen) atoms. The predicted octanol–water partition coefficient (Wildman–Crippen LogP) is 6.47.